The highest BCUT2D eigenvalue weighted by atomic mass is 16.5. The van der Waals surface area contributed by atoms with Crippen molar-refractivity contribution in [1.29, 1.82) is 0 Å². The highest BCUT2D eigenvalue weighted by Crippen LogP contribution is 2.29. The van der Waals surface area contributed by atoms with Gasteiger partial charge in [-0.2, -0.15) is 0 Å². The lowest BCUT2D eigenvalue weighted by molar-refractivity contribution is -0.136. The minimum atomic E-state index is 0.0320. The summed E-state index contributed by atoms with van der Waals surface area (Å²) in [5, 5.41) is 0. The SMILES string of the molecule is CCc1nccn1-c1nccnc1[C@H]1CCCN(C(=O)COC)C1. The third-order valence-corrected chi connectivity index (χ3v) is 4.40. The van der Waals surface area contributed by atoms with Gasteiger partial charge in [-0.3, -0.25) is 14.3 Å². The second-order valence-electron chi connectivity index (χ2n) is 5.94. The van der Waals surface area contributed by atoms with Crippen LogP contribution in [0.25, 0.3) is 5.82 Å². The molecule has 7 nitrogen and oxygen atoms in total. The number of amides is 1. The Morgan fingerprint density at radius 2 is 2.12 bits per heavy atom. The first-order chi connectivity index (χ1) is 11.7. The molecule has 7 heteroatoms. The maximum Gasteiger partial charge on any atom is 0.248 e. The Hall–Kier alpha value is -2.28. The average molecular weight is 329 g/mol. The minimum absolute atomic E-state index is 0.0320. The Labute approximate surface area is 141 Å². The zero-order valence-electron chi connectivity index (χ0n) is 14.2. The molecule has 1 atom stereocenters. The molecule has 0 unspecified atom stereocenters. The molecule has 0 saturated carbocycles. The molecular weight excluding hydrogens is 306 g/mol. The first-order valence-electron chi connectivity index (χ1n) is 8.34. The van der Waals surface area contributed by atoms with Crippen molar-refractivity contribution in [3.05, 3.63) is 36.3 Å². The second-order valence-corrected chi connectivity index (χ2v) is 5.94. The van der Waals surface area contributed by atoms with Crippen LogP contribution in [0.3, 0.4) is 0 Å². The van der Waals surface area contributed by atoms with Gasteiger partial charge in [-0.1, -0.05) is 6.92 Å². The van der Waals surface area contributed by atoms with Crippen molar-refractivity contribution in [3.8, 4) is 5.82 Å². The van der Waals surface area contributed by atoms with Crippen LogP contribution in [-0.4, -0.2) is 57.1 Å². The quantitative estimate of drug-likeness (QED) is 0.833. The molecule has 0 aliphatic carbocycles. The number of methoxy groups -OCH3 is 1. The van der Waals surface area contributed by atoms with E-state index in [1.807, 2.05) is 15.7 Å². The van der Waals surface area contributed by atoms with E-state index in [2.05, 4.69) is 21.9 Å². The monoisotopic (exact) mass is 329 g/mol. The van der Waals surface area contributed by atoms with Gasteiger partial charge in [0.1, 0.15) is 12.4 Å². The lowest BCUT2D eigenvalue weighted by atomic mass is 9.94. The Bertz CT molecular complexity index is 700. The summed E-state index contributed by atoms with van der Waals surface area (Å²) in [7, 11) is 1.55. The molecule has 0 bridgehead atoms. The fourth-order valence-electron chi connectivity index (χ4n) is 3.25. The summed E-state index contributed by atoms with van der Waals surface area (Å²) in [6.07, 6.45) is 9.91. The maximum atomic E-state index is 12.1. The highest BCUT2D eigenvalue weighted by molar-refractivity contribution is 5.77. The lowest BCUT2D eigenvalue weighted by Gasteiger charge is -2.33. The summed E-state index contributed by atoms with van der Waals surface area (Å²) in [5.41, 5.74) is 0.931. The summed E-state index contributed by atoms with van der Waals surface area (Å²) in [4.78, 5) is 27.5. The van der Waals surface area contributed by atoms with Gasteiger partial charge in [-0.25, -0.2) is 9.97 Å². The van der Waals surface area contributed by atoms with E-state index in [4.69, 9.17) is 4.74 Å². The van der Waals surface area contributed by atoms with Crippen molar-refractivity contribution in [2.45, 2.75) is 32.1 Å². The molecular formula is C17H23N5O2. The van der Waals surface area contributed by atoms with Gasteiger partial charge in [0.2, 0.25) is 5.91 Å². The molecule has 1 amide bonds. The molecule has 1 fully saturated rings. The highest BCUT2D eigenvalue weighted by Gasteiger charge is 2.28. The molecule has 1 saturated heterocycles. The van der Waals surface area contributed by atoms with Crippen molar-refractivity contribution in [1.82, 2.24) is 24.4 Å². The van der Waals surface area contributed by atoms with Gasteiger partial charge in [0, 0.05) is 57.3 Å². The van der Waals surface area contributed by atoms with Gasteiger partial charge < -0.3 is 9.64 Å². The topological polar surface area (TPSA) is 73.1 Å². The van der Waals surface area contributed by atoms with Crippen molar-refractivity contribution < 1.29 is 9.53 Å². The van der Waals surface area contributed by atoms with Gasteiger partial charge in [0.05, 0.1) is 5.69 Å². The van der Waals surface area contributed by atoms with Gasteiger partial charge >= 0.3 is 0 Å². The van der Waals surface area contributed by atoms with Gasteiger partial charge in [-0.05, 0) is 12.8 Å². The number of hydrogen-bond donors (Lipinski definition) is 0. The van der Waals surface area contributed by atoms with E-state index < -0.39 is 0 Å². The molecule has 0 N–H and O–H groups in total. The van der Waals surface area contributed by atoms with Crippen LogP contribution in [0.1, 0.15) is 37.2 Å². The number of carbonyl (C=O) groups excluding carboxylic acids is 1. The third kappa shape index (κ3) is 3.31. The molecule has 0 radical (unpaired) electrons. The van der Waals surface area contributed by atoms with Crippen molar-refractivity contribution in [3.63, 3.8) is 0 Å². The van der Waals surface area contributed by atoms with E-state index in [9.17, 15) is 4.79 Å². The number of imidazole rings is 1. The summed E-state index contributed by atoms with van der Waals surface area (Å²) in [5.74, 6) is 1.98. The van der Waals surface area contributed by atoms with Crippen LogP contribution in [0.15, 0.2) is 24.8 Å². The largest absolute Gasteiger partial charge is 0.375 e. The van der Waals surface area contributed by atoms with Crippen LogP contribution in [0.2, 0.25) is 0 Å². The number of rotatable bonds is 5. The van der Waals surface area contributed by atoms with Crippen LogP contribution in [0.5, 0.6) is 0 Å². The smallest absolute Gasteiger partial charge is 0.248 e. The third-order valence-electron chi connectivity index (χ3n) is 4.40. The molecule has 2 aromatic heterocycles. The van der Waals surface area contributed by atoms with Crippen LogP contribution in [0.4, 0.5) is 0 Å². The molecule has 3 heterocycles. The predicted molar refractivity (Wildman–Crippen MR) is 89.0 cm³/mol. The number of aromatic nitrogens is 4. The van der Waals surface area contributed by atoms with Crippen molar-refractivity contribution >= 4 is 5.91 Å². The summed E-state index contributed by atoms with van der Waals surface area (Å²) >= 11 is 0. The predicted octanol–water partition coefficient (Wildman–Crippen LogP) is 1.58. The van der Waals surface area contributed by atoms with Crippen LogP contribution in [-0.2, 0) is 16.0 Å². The number of aryl methyl sites for hydroxylation is 1. The Kier molecular flexibility index (Phi) is 5.20. The van der Waals surface area contributed by atoms with Crippen molar-refractivity contribution in [2.24, 2.45) is 0 Å². The van der Waals surface area contributed by atoms with Crippen LogP contribution in [0, 0.1) is 0 Å². The normalized spacial score (nSPS) is 17.9. The summed E-state index contributed by atoms with van der Waals surface area (Å²) < 4.78 is 6.98. The first-order valence-corrected chi connectivity index (χ1v) is 8.34. The number of ether oxygens (including phenoxy) is 1. The number of hydrogen-bond acceptors (Lipinski definition) is 5. The number of nitrogens with zero attached hydrogens (tertiary/aromatic N) is 5. The number of piperidine rings is 1. The standard InChI is InChI=1S/C17H23N5O2/c1-3-14-18-8-10-22(14)17-16(19-6-7-20-17)13-5-4-9-21(11-13)15(23)12-24-2/h6-8,10,13H,3-5,9,11-12H2,1-2H3/t13-/m0/s1. The van der Waals surface area contributed by atoms with Gasteiger partial charge in [0.15, 0.2) is 5.82 Å². The van der Waals surface area contributed by atoms with Crippen molar-refractivity contribution in [2.75, 3.05) is 26.8 Å². The summed E-state index contributed by atoms with van der Waals surface area (Å²) in [6, 6.07) is 0. The molecule has 0 spiro atoms. The maximum absolute atomic E-state index is 12.1. The lowest BCUT2D eigenvalue weighted by Crippen LogP contribution is -2.41. The van der Waals surface area contributed by atoms with E-state index in [-0.39, 0.29) is 18.4 Å². The fraction of sp³-hybridized carbons (Fsp3) is 0.529. The molecule has 3 rings (SSSR count). The van der Waals surface area contributed by atoms with E-state index in [1.54, 1.807) is 25.7 Å². The van der Waals surface area contributed by atoms with Gasteiger partial charge in [-0.15, -0.1) is 0 Å². The molecule has 1 aliphatic rings. The Balaban J connectivity index is 1.88. The van der Waals surface area contributed by atoms with E-state index in [0.29, 0.717) is 6.54 Å². The average Bonchev–Trinajstić information content (AvgIpc) is 3.10. The van der Waals surface area contributed by atoms with Crippen LogP contribution >= 0.6 is 0 Å². The molecule has 0 aromatic carbocycles. The van der Waals surface area contributed by atoms with E-state index in [0.717, 1.165) is 43.1 Å². The molecule has 128 valence electrons. The number of likely N-dealkylation sites (tertiary alicyclic amines) is 1. The Morgan fingerprint density at radius 3 is 2.92 bits per heavy atom. The molecule has 1 aliphatic heterocycles. The first kappa shape index (κ1) is 16.6. The summed E-state index contributed by atoms with van der Waals surface area (Å²) in [6.45, 7) is 3.63. The minimum Gasteiger partial charge on any atom is -0.375 e. The van der Waals surface area contributed by atoms with E-state index >= 15 is 0 Å². The van der Waals surface area contributed by atoms with Crippen LogP contribution < -0.4 is 0 Å². The second kappa shape index (κ2) is 7.53. The Morgan fingerprint density at radius 1 is 1.29 bits per heavy atom. The molecule has 24 heavy (non-hydrogen) atoms. The number of carbonyl (C=O) groups is 1. The zero-order chi connectivity index (χ0) is 16.9. The fourth-order valence-corrected chi connectivity index (χ4v) is 3.25. The molecule has 2 aromatic rings. The zero-order valence-corrected chi connectivity index (χ0v) is 14.2. The van der Waals surface area contributed by atoms with Gasteiger partial charge in [0.25, 0.3) is 0 Å². The van der Waals surface area contributed by atoms with E-state index in [1.165, 1.54) is 0 Å².